The normalized spacial score (nSPS) is 13.2. The van der Waals surface area contributed by atoms with Crippen LogP contribution in [0, 0.1) is 6.92 Å². The van der Waals surface area contributed by atoms with Gasteiger partial charge in [0.05, 0.1) is 0 Å². The van der Waals surface area contributed by atoms with Gasteiger partial charge in [-0.15, -0.1) is 0 Å². The van der Waals surface area contributed by atoms with Crippen molar-refractivity contribution >= 4 is 29.1 Å². The van der Waals surface area contributed by atoms with Gasteiger partial charge in [-0.3, -0.25) is 14.4 Å². The van der Waals surface area contributed by atoms with Crippen LogP contribution in [0.4, 0.5) is 11.4 Å². The molecule has 3 aromatic rings. The number of hydrogen-bond acceptors (Lipinski definition) is 4. The highest BCUT2D eigenvalue weighted by molar-refractivity contribution is 5.99. The molecule has 1 aliphatic rings. The van der Waals surface area contributed by atoms with Crippen molar-refractivity contribution in [1.82, 2.24) is 9.80 Å². The lowest BCUT2D eigenvalue weighted by molar-refractivity contribution is -0.116. The molecule has 192 valence electrons. The maximum atomic E-state index is 12.8. The Balaban J connectivity index is 1.29. The van der Waals surface area contributed by atoms with E-state index in [1.54, 1.807) is 17.0 Å². The topological polar surface area (TPSA) is 73.0 Å². The highest BCUT2D eigenvalue weighted by Gasteiger charge is 2.22. The number of rotatable bonds is 8. The Kier molecular flexibility index (Phi) is 8.56. The Bertz CT molecular complexity index is 1200. The maximum Gasteiger partial charge on any atom is 0.254 e. The molecule has 37 heavy (non-hydrogen) atoms. The number of hydrogen-bond donors (Lipinski definition) is 1. The number of anilines is 2. The highest BCUT2D eigenvalue weighted by atomic mass is 16.2. The van der Waals surface area contributed by atoms with Gasteiger partial charge >= 0.3 is 0 Å². The molecule has 0 saturated carbocycles. The van der Waals surface area contributed by atoms with Gasteiger partial charge in [0.25, 0.3) is 11.8 Å². The molecular formula is C30H34N4O3. The van der Waals surface area contributed by atoms with Gasteiger partial charge in [0.2, 0.25) is 5.91 Å². The maximum absolute atomic E-state index is 12.8. The molecule has 0 radical (unpaired) electrons. The van der Waals surface area contributed by atoms with Gasteiger partial charge in [0.1, 0.15) is 6.54 Å². The number of amides is 3. The fourth-order valence-corrected chi connectivity index (χ4v) is 4.46. The molecule has 3 amide bonds. The number of nitrogens with zero attached hydrogens (tertiary/aromatic N) is 3. The van der Waals surface area contributed by atoms with Gasteiger partial charge in [-0.1, -0.05) is 42.8 Å². The first-order chi connectivity index (χ1) is 17.9. The molecule has 4 rings (SSSR count). The summed E-state index contributed by atoms with van der Waals surface area (Å²) < 4.78 is 0. The summed E-state index contributed by atoms with van der Waals surface area (Å²) in [7, 11) is 0. The number of piperazine rings is 1. The standard InChI is InChI=1S/C30H34N4O3/c1-3-17-34(30(37)24-7-5-4-6-8-24)22-28(35)31-26-13-15-27(16-14-26)32-18-20-33(21-19-32)29(36)25-11-9-23(2)10-12-25/h4-16H,3,17-22H2,1-2H3,(H,31,35). The third kappa shape index (κ3) is 6.76. The van der Waals surface area contributed by atoms with Crippen molar-refractivity contribution in [3.8, 4) is 0 Å². The van der Waals surface area contributed by atoms with E-state index in [2.05, 4.69) is 10.2 Å². The fourth-order valence-electron chi connectivity index (χ4n) is 4.46. The van der Waals surface area contributed by atoms with Crippen LogP contribution < -0.4 is 10.2 Å². The van der Waals surface area contributed by atoms with E-state index in [-0.39, 0.29) is 24.3 Å². The number of carbonyl (C=O) groups is 3. The molecule has 1 aliphatic heterocycles. The minimum Gasteiger partial charge on any atom is -0.368 e. The number of nitrogens with one attached hydrogen (secondary N) is 1. The fraction of sp³-hybridized carbons (Fsp3) is 0.300. The molecule has 0 aliphatic carbocycles. The third-order valence-electron chi connectivity index (χ3n) is 6.52. The van der Waals surface area contributed by atoms with Crippen LogP contribution >= 0.6 is 0 Å². The first-order valence-corrected chi connectivity index (χ1v) is 12.8. The van der Waals surface area contributed by atoms with Crippen molar-refractivity contribution in [1.29, 1.82) is 0 Å². The second-order valence-corrected chi connectivity index (χ2v) is 9.33. The summed E-state index contributed by atoms with van der Waals surface area (Å²) in [6, 6.07) is 24.4. The average Bonchev–Trinajstić information content (AvgIpc) is 2.93. The zero-order valence-electron chi connectivity index (χ0n) is 21.5. The van der Waals surface area contributed by atoms with Crippen LogP contribution in [-0.4, -0.2) is 66.8 Å². The van der Waals surface area contributed by atoms with Crippen molar-refractivity contribution in [2.75, 3.05) is 49.5 Å². The summed E-state index contributed by atoms with van der Waals surface area (Å²) in [6.45, 7) is 7.33. The quantitative estimate of drug-likeness (QED) is 0.498. The molecule has 1 saturated heterocycles. The van der Waals surface area contributed by atoms with Gasteiger partial charge < -0.3 is 20.0 Å². The Morgan fingerprint density at radius 2 is 1.46 bits per heavy atom. The summed E-state index contributed by atoms with van der Waals surface area (Å²) in [5, 5.41) is 2.91. The largest absolute Gasteiger partial charge is 0.368 e. The van der Waals surface area contributed by atoms with Crippen LogP contribution in [0.3, 0.4) is 0 Å². The zero-order chi connectivity index (χ0) is 26.2. The average molecular weight is 499 g/mol. The van der Waals surface area contributed by atoms with Gasteiger partial charge in [0.15, 0.2) is 0 Å². The Hall–Kier alpha value is -4.13. The van der Waals surface area contributed by atoms with Crippen molar-refractivity contribution in [2.45, 2.75) is 20.3 Å². The second kappa shape index (κ2) is 12.2. The lowest BCUT2D eigenvalue weighted by Crippen LogP contribution is -2.48. The molecule has 7 heteroatoms. The minimum atomic E-state index is -0.228. The van der Waals surface area contributed by atoms with Gasteiger partial charge in [-0.25, -0.2) is 0 Å². The molecule has 0 unspecified atom stereocenters. The summed E-state index contributed by atoms with van der Waals surface area (Å²) in [5.41, 5.74) is 4.17. The molecule has 0 atom stereocenters. The van der Waals surface area contributed by atoms with E-state index in [0.717, 1.165) is 36.3 Å². The number of aryl methyl sites for hydroxylation is 1. The van der Waals surface area contributed by atoms with Gasteiger partial charge in [0, 0.05) is 55.2 Å². The van der Waals surface area contributed by atoms with E-state index >= 15 is 0 Å². The molecule has 1 N–H and O–H groups in total. The molecular weight excluding hydrogens is 464 g/mol. The summed E-state index contributed by atoms with van der Waals surface area (Å²) in [5.74, 6) is -0.303. The molecule has 0 aromatic heterocycles. The predicted molar refractivity (Wildman–Crippen MR) is 147 cm³/mol. The first kappa shape index (κ1) is 25.9. The van der Waals surface area contributed by atoms with Crippen molar-refractivity contribution in [3.63, 3.8) is 0 Å². The zero-order valence-corrected chi connectivity index (χ0v) is 21.5. The van der Waals surface area contributed by atoms with Gasteiger partial charge in [-0.05, 0) is 61.9 Å². The van der Waals surface area contributed by atoms with E-state index in [9.17, 15) is 14.4 Å². The number of benzene rings is 3. The molecule has 0 bridgehead atoms. The second-order valence-electron chi connectivity index (χ2n) is 9.33. The SMILES string of the molecule is CCCN(CC(=O)Nc1ccc(N2CCN(C(=O)c3ccc(C)cc3)CC2)cc1)C(=O)c1ccccc1. The van der Waals surface area contributed by atoms with Crippen molar-refractivity contribution in [3.05, 3.63) is 95.6 Å². The monoisotopic (exact) mass is 498 g/mol. The van der Waals surface area contributed by atoms with Gasteiger partial charge in [-0.2, -0.15) is 0 Å². The Morgan fingerprint density at radius 1 is 0.811 bits per heavy atom. The van der Waals surface area contributed by atoms with Crippen LogP contribution in [0.5, 0.6) is 0 Å². The van der Waals surface area contributed by atoms with E-state index < -0.39 is 0 Å². The van der Waals surface area contributed by atoms with Crippen LogP contribution in [0.25, 0.3) is 0 Å². The molecule has 7 nitrogen and oxygen atoms in total. The minimum absolute atomic E-state index is 0.000288. The summed E-state index contributed by atoms with van der Waals surface area (Å²) in [6.07, 6.45) is 0.768. The summed E-state index contributed by atoms with van der Waals surface area (Å²) >= 11 is 0. The number of carbonyl (C=O) groups excluding carboxylic acids is 3. The predicted octanol–water partition coefficient (Wildman–Crippen LogP) is 4.45. The van der Waals surface area contributed by atoms with Crippen molar-refractivity contribution < 1.29 is 14.4 Å². The van der Waals surface area contributed by atoms with E-state index in [1.807, 2.05) is 85.5 Å². The van der Waals surface area contributed by atoms with Crippen LogP contribution in [0.15, 0.2) is 78.9 Å². The Labute approximate surface area is 218 Å². The molecule has 1 fully saturated rings. The van der Waals surface area contributed by atoms with Crippen LogP contribution in [0.1, 0.15) is 39.6 Å². The lowest BCUT2D eigenvalue weighted by atomic mass is 10.1. The van der Waals surface area contributed by atoms with Crippen LogP contribution in [-0.2, 0) is 4.79 Å². The van der Waals surface area contributed by atoms with Crippen LogP contribution in [0.2, 0.25) is 0 Å². The van der Waals surface area contributed by atoms with E-state index in [4.69, 9.17) is 0 Å². The molecule has 1 heterocycles. The van der Waals surface area contributed by atoms with E-state index in [0.29, 0.717) is 30.9 Å². The highest BCUT2D eigenvalue weighted by Crippen LogP contribution is 2.20. The Morgan fingerprint density at radius 3 is 2.08 bits per heavy atom. The van der Waals surface area contributed by atoms with Crippen molar-refractivity contribution in [2.24, 2.45) is 0 Å². The first-order valence-electron chi connectivity index (χ1n) is 12.8. The molecule has 0 spiro atoms. The lowest BCUT2D eigenvalue weighted by Gasteiger charge is -2.36. The molecule has 3 aromatic carbocycles. The van der Waals surface area contributed by atoms with E-state index in [1.165, 1.54) is 0 Å². The smallest absolute Gasteiger partial charge is 0.254 e. The third-order valence-corrected chi connectivity index (χ3v) is 6.52. The summed E-state index contributed by atoms with van der Waals surface area (Å²) in [4.78, 5) is 44.0.